The second-order valence-electron chi connectivity index (χ2n) is 6.79. The molecular weight excluding hydrogens is 208 g/mol. The maximum Gasteiger partial charge on any atom is 0.00675 e. The topological polar surface area (TPSA) is 15.3 Å². The number of likely N-dealkylation sites (tertiary alicyclic amines) is 1. The van der Waals surface area contributed by atoms with Crippen molar-refractivity contribution >= 4 is 0 Å². The van der Waals surface area contributed by atoms with Crippen molar-refractivity contribution in [2.45, 2.75) is 64.8 Å². The molecule has 0 aromatic heterocycles. The van der Waals surface area contributed by atoms with Crippen LogP contribution >= 0.6 is 0 Å². The molecule has 0 aromatic rings. The van der Waals surface area contributed by atoms with Crippen LogP contribution in [0.25, 0.3) is 0 Å². The molecule has 1 N–H and O–H groups in total. The van der Waals surface area contributed by atoms with Crippen molar-refractivity contribution in [1.82, 2.24) is 10.2 Å². The van der Waals surface area contributed by atoms with E-state index in [2.05, 4.69) is 24.1 Å². The summed E-state index contributed by atoms with van der Waals surface area (Å²) < 4.78 is 0. The average molecular weight is 238 g/mol. The molecule has 100 valence electrons. The lowest BCUT2D eigenvalue weighted by Gasteiger charge is -2.37. The van der Waals surface area contributed by atoms with Crippen molar-refractivity contribution in [3.63, 3.8) is 0 Å². The minimum Gasteiger partial charge on any atom is -0.314 e. The van der Waals surface area contributed by atoms with Crippen LogP contribution in [0.15, 0.2) is 0 Å². The summed E-state index contributed by atoms with van der Waals surface area (Å²) in [6, 6.07) is 0.824. The van der Waals surface area contributed by atoms with Gasteiger partial charge < -0.3 is 10.2 Å². The van der Waals surface area contributed by atoms with Gasteiger partial charge in [-0.1, -0.05) is 20.3 Å². The maximum atomic E-state index is 3.65. The number of hydrogen-bond acceptors (Lipinski definition) is 2. The third-order valence-electron chi connectivity index (χ3n) is 4.65. The summed E-state index contributed by atoms with van der Waals surface area (Å²) in [5.74, 6) is 0. The van der Waals surface area contributed by atoms with Gasteiger partial charge in [-0.05, 0) is 70.1 Å². The van der Waals surface area contributed by atoms with Gasteiger partial charge in [0.05, 0.1) is 0 Å². The third-order valence-corrected chi connectivity index (χ3v) is 4.65. The van der Waals surface area contributed by atoms with Crippen LogP contribution < -0.4 is 5.32 Å². The molecule has 0 aliphatic carbocycles. The zero-order valence-corrected chi connectivity index (χ0v) is 11.8. The Bertz CT molecular complexity index is 209. The summed E-state index contributed by atoms with van der Waals surface area (Å²) >= 11 is 0. The molecule has 2 rings (SSSR count). The molecule has 2 nitrogen and oxygen atoms in total. The van der Waals surface area contributed by atoms with Crippen molar-refractivity contribution in [1.29, 1.82) is 0 Å². The van der Waals surface area contributed by atoms with Gasteiger partial charge in [-0.2, -0.15) is 0 Å². The van der Waals surface area contributed by atoms with Gasteiger partial charge in [0, 0.05) is 6.04 Å². The van der Waals surface area contributed by atoms with E-state index in [0.717, 1.165) is 6.04 Å². The first-order valence-electron chi connectivity index (χ1n) is 7.61. The minimum atomic E-state index is 0.599. The Kier molecular flexibility index (Phi) is 4.87. The predicted molar refractivity (Wildman–Crippen MR) is 74.3 cm³/mol. The Morgan fingerprint density at radius 2 is 1.94 bits per heavy atom. The lowest BCUT2D eigenvalue weighted by molar-refractivity contribution is 0.129. The zero-order chi connectivity index (χ0) is 12.1. The molecule has 2 aliphatic rings. The molecule has 0 aromatic carbocycles. The number of hydrogen-bond donors (Lipinski definition) is 1. The van der Waals surface area contributed by atoms with Gasteiger partial charge >= 0.3 is 0 Å². The second-order valence-corrected chi connectivity index (χ2v) is 6.79. The summed E-state index contributed by atoms with van der Waals surface area (Å²) in [4.78, 5) is 2.67. The molecule has 2 aliphatic heterocycles. The molecule has 2 fully saturated rings. The Labute approximate surface area is 107 Å². The van der Waals surface area contributed by atoms with Gasteiger partial charge in [0.15, 0.2) is 0 Å². The highest BCUT2D eigenvalue weighted by Gasteiger charge is 2.24. The van der Waals surface area contributed by atoms with E-state index < -0.39 is 0 Å². The average Bonchev–Trinajstić information content (AvgIpc) is 2.33. The van der Waals surface area contributed by atoms with Gasteiger partial charge in [-0.15, -0.1) is 0 Å². The molecule has 2 saturated heterocycles. The van der Waals surface area contributed by atoms with E-state index in [1.807, 2.05) is 0 Å². The summed E-state index contributed by atoms with van der Waals surface area (Å²) in [5.41, 5.74) is 0.599. The van der Waals surface area contributed by atoms with E-state index in [1.165, 1.54) is 71.1 Å². The van der Waals surface area contributed by atoms with E-state index in [1.54, 1.807) is 0 Å². The first-order valence-corrected chi connectivity index (χ1v) is 7.61. The van der Waals surface area contributed by atoms with E-state index in [0.29, 0.717) is 5.41 Å². The molecule has 1 atom stereocenters. The Balaban J connectivity index is 1.56. The van der Waals surface area contributed by atoms with Crippen LogP contribution in [0.5, 0.6) is 0 Å². The van der Waals surface area contributed by atoms with Crippen molar-refractivity contribution in [2.75, 3.05) is 26.2 Å². The van der Waals surface area contributed by atoms with Crippen LogP contribution in [-0.4, -0.2) is 37.1 Å². The van der Waals surface area contributed by atoms with Gasteiger partial charge in [0.1, 0.15) is 0 Å². The van der Waals surface area contributed by atoms with Crippen molar-refractivity contribution in [3.05, 3.63) is 0 Å². The Morgan fingerprint density at radius 3 is 2.59 bits per heavy atom. The van der Waals surface area contributed by atoms with Crippen molar-refractivity contribution < 1.29 is 0 Å². The molecule has 0 bridgehead atoms. The quantitative estimate of drug-likeness (QED) is 0.810. The number of nitrogens with zero attached hydrogens (tertiary/aromatic N) is 1. The van der Waals surface area contributed by atoms with Crippen LogP contribution in [-0.2, 0) is 0 Å². The zero-order valence-electron chi connectivity index (χ0n) is 11.8. The molecule has 0 amide bonds. The van der Waals surface area contributed by atoms with Crippen molar-refractivity contribution in [3.8, 4) is 0 Å². The molecular formula is C15H30N2. The fraction of sp³-hybridized carbons (Fsp3) is 1.00. The second kappa shape index (κ2) is 6.19. The molecule has 0 saturated carbocycles. The fourth-order valence-electron chi connectivity index (χ4n) is 3.11. The normalized spacial score (nSPS) is 30.4. The van der Waals surface area contributed by atoms with E-state index in [4.69, 9.17) is 0 Å². The predicted octanol–water partition coefficient (Wildman–Crippen LogP) is 3.03. The highest BCUT2D eigenvalue weighted by Crippen LogP contribution is 2.29. The summed E-state index contributed by atoms with van der Waals surface area (Å²) in [5, 5.41) is 3.65. The maximum absolute atomic E-state index is 3.65. The van der Waals surface area contributed by atoms with Crippen LogP contribution in [0.3, 0.4) is 0 Å². The largest absolute Gasteiger partial charge is 0.314 e. The summed E-state index contributed by atoms with van der Waals surface area (Å²) in [6.07, 6.45) is 9.78. The van der Waals surface area contributed by atoms with E-state index >= 15 is 0 Å². The number of nitrogens with one attached hydrogen (secondary N) is 1. The molecule has 0 spiro atoms. The molecule has 1 unspecified atom stereocenters. The summed E-state index contributed by atoms with van der Waals surface area (Å²) in [7, 11) is 0. The van der Waals surface area contributed by atoms with Gasteiger partial charge in [-0.25, -0.2) is 0 Å². The minimum absolute atomic E-state index is 0.599. The third kappa shape index (κ3) is 4.59. The van der Waals surface area contributed by atoms with Gasteiger partial charge in [-0.3, -0.25) is 0 Å². The SMILES string of the molecule is CC1(C)CCN(CCCC2CCCCN2)CC1. The molecule has 2 heteroatoms. The monoisotopic (exact) mass is 238 g/mol. The van der Waals surface area contributed by atoms with Crippen LogP contribution in [0.4, 0.5) is 0 Å². The molecule has 17 heavy (non-hydrogen) atoms. The van der Waals surface area contributed by atoms with Crippen molar-refractivity contribution in [2.24, 2.45) is 5.41 Å². The molecule has 2 heterocycles. The highest BCUT2D eigenvalue weighted by atomic mass is 15.1. The van der Waals surface area contributed by atoms with E-state index in [9.17, 15) is 0 Å². The van der Waals surface area contributed by atoms with Crippen LogP contribution in [0, 0.1) is 5.41 Å². The van der Waals surface area contributed by atoms with Gasteiger partial charge in [0.2, 0.25) is 0 Å². The van der Waals surface area contributed by atoms with Crippen LogP contribution in [0.2, 0.25) is 0 Å². The fourth-order valence-corrected chi connectivity index (χ4v) is 3.11. The van der Waals surface area contributed by atoms with Gasteiger partial charge in [0.25, 0.3) is 0 Å². The standard InChI is InChI=1S/C15H30N2/c1-15(2)8-12-17(13-9-15)11-5-7-14-6-3-4-10-16-14/h14,16H,3-13H2,1-2H3. The van der Waals surface area contributed by atoms with Crippen LogP contribution in [0.1, 0.15) is 58.8 Å². The lowest BCUT2D eigenvalue weighted by Crippen LogP contribution is -2.39. The Hall–Kier alpha value is -0.0800. The molecule has 0 radical (unpaired) electrons. The summed E-state index contributed by atoms with van der Waals surface area (Å²) in [6.45, 7) is 10.1. The Morgan fingerprint density at radius 1 is 1.18 bits per heavy atom. The van der Waals surface area contributed by atoms with E-state index in [-0.39, 0.29) is 0 Å². The highest BCUT2D eigenvalue weighted by molar-refractivity contribution is 4.79. The smallest absolute Gasteiger partial charge is 0.00675 e. The first-order chi connectivity index (χ1) is 8.16. The first kappa shape index (κ1) is 13.4. The number of piperidine rings is 2. The lowest BCUT2D eigenvalue weighted by atomic mass is 9.82. The number of rotatable bonds is 4.